The van der Waals surface area contributed by atoms with Crippen molar-refractivity contribution in [3.8, 4) is 5.75 Å². The van der Waals surface area contributed by atoms with Gasteiger partial charge in [0.25, 0.3) is 5.91 Å². The minimum absolute atomic E-state index is 0.134. The van der Waals surface area contributed by atoms with Crippen LogP contribution in [-0.4, -0.2) is 30.2 Å². The highest BCUT2D eigenvalue weighted by Gasteiger charge is 2.16. The number of carbonyl (C=O) groups is 2. The number of nitrogens with zero attached hydrogens (tertiary/aromatic N) is 2. The molecule has 0 saturated carbocycles. The van der Waals surface area contributed by atoms with Gasteiger partial charge in [0.05, 0.1) is 29.0 Å². The first kappa shape index (κ1) is 23.3. The van der Waals surface area contributed by atoms with Crippen LogP contribution in [0.3, 0.4) is 0 Å². The van der Waals surface area contributed by atoms with Crippen molar-refractivity contribution in [1.82, 2.24) is 4.57 Å². The van der Waals surface area contributed by atoms with E-state index in [4.69, 9.17) is 32.7 Å². The summed E-state index contributed by atoms with van der Waals surface area (Å²) in [7, 11) is 1.30. The number of hydrogen-bond acceptors (Lipinski definition) is 5. The Labute approximate surface area is 194 Å². The van der Waals surface area contributed by atoms with Crippen molar-refractivity contribution in [2.45, 2.75) is 32.7 Å². The van der Waals surface area contributed by atoms with E-state index in [-0.39, 0.29) is 6.54 Å². The van der Waals surface area contributed by atoms with Crippen molar-refractivity contribution in [2.75, 3.05) is 13.7 Å². The first-order valence-corrected chi connectivity index (χ1v) is 11.4. The standard InChI is InChI=1S/C22H22Cl2N2O4S/c1-3-4-5-9-30-16-8-6-7-14(10-16)21(28)25-22-26(13-19(27)29-2)20-17(24)11-15(23)12-18(20)31-22/h6-8,10-12H,3-5,9,13H2,1-2H3. The number of hydrogen-bond donors (Lipinski definition) is 0. The Bertz CT molecular complexity index is 1170. The van der Waals surface area contributed by atoms with Gasteiger partial charge in [-0.2, -0.15) is 4.99 Å². The maximum atomic E-state index is 12.9. The molecular formula is C22H22Cl2N2O4S. The van der Waals surface area contributed by atoms with Crippen LogP contribution in [0.4, 0.5) is 0 Å². The van der Waals surface area contributed by atoms with Gasteiger partial charge in [0.1, 0.15) is 12.3 Å². The fraction of sp³-hybridized carbons (Fsp3) is 0.318. The number of aromatic nitrogens is 1. The molecule has 3 rings (SSSR count). The highest BCUT2D eigenvalue weighted by Crippen LogP contribution is 2.29. The molecule has 0 aliphatic carbocycles. The molecular weight excluding hydrogens is 459 g/mol. The Kier molecular flexibility index (Phi) is 8.12. The van der Waals surface area contributed by atoms with Crippen LogP contribution in [-0.2, 0) is 16.1 Å². The lowest BCUT2D eigenvalue weighted by atomic mass is 10.2. The highest BCUT2D eigenvalue weighted by molar-refractivity contribution is 7.16. The number of carbonyl (C=O) groups excluding carboxylic acids is 2. The molecule has 1 heterocycles. The molecule has 31 heavy (non-hydrogen) atoms. The van der Waals surface area contributed by atoms with Crippen molar-refractivity contribution in [3.05, 3.63) is 56.8 Å². The predicted molar refractivity (Wildman–Crippen MR) is 123 cm³/mol. The van der Waals surface area contributed by atoms with Crippen molar-refractivity contribution < 1.29 is 19.1 Å². The predicted octanol–water partition coefficient (Wildman–Crippen LogP) is 5.49. The average Bonchev–Trinajstić information content (AvgIpc) is 3.08. The van der Waals surface area contributed by atoms with E-state index in [9.17, 15) is 9.59 Å². The van der Waals surface area contributed by atoms with Gasteiger partial charge in [-0.3, -0.25) is 9.59 Å². The molecule has 0 spiro atoms. The molecule has 0 atom stereocenters. The summed E-state index contributed by atoms with van der Waals surface area (Å²) < 4.78 is 12.8. The summed E-state index contributed by atoms with van der Waals surface area (Å²) in [6.45, 7) is 2.59. The molecule has 6 nitrogen and oxygen atoms in total. The molecule has 0 radical (unpaired) electrons. The number of ether oxygens (including phenoxy) is 2. The summed E-state index contributed by atoms with van der Waals surface area (Å²) in [5.41, 5.74) is 0.959. The summed E-state index contributed by atoms with van der Waals surface area (Å²) in [5, 5.41) is 0.814. The van der Waals surface area contributed by atoms with Crippen molar-refractivity contribution in [3.63, 3.8) is 0 Å². The number of amides is 1. The fourth-order valence-electron chi connectivity index (χ4n) is 2.97. The van der Waals surface area contributed by atoms with E-state index in [1.165, 1.54) is 18.4 Å². The number of methoxy groups -OCH3 is 1. The zero-order valence-electron chi connectivity index (χ0n) is 17.2. The quantitative estimate of drug-likeness (QED) is 0.315. The Morgan fingerprint density at radius 3 is 2.71 bits per heavy atom. The van der Waals surface area contributed by atoms with E-state index in [0.29, 0.717) is 43.0 Å². The van der Waals surface area contributed by atoms with Gasteiger partial charge < -0.3 is 14.0 Å². The van der Waals surface area contributed by atoms with Crippen LogP contribution in [0.15, 0.2) is 41.4 Å². The van der Waals surface area contributed by atoms with E-state index in [0.717, 1.165) is 19.3 Å². The zero-order valence-corrected chi connectivity index (χ0v) is 19.5. The Morgan fingerprint density at radius 1 is 1.16 bits per heavy atom. The molecule has 1 amide bonds. The van der Waals surface area contributed by atoms with Crippen LogP contribution in [0.2, 0.25) is 10.0 Å². The lowest BCUT2D eigenvalue weighted by molar-refractivity contribution is -0.141. The van der Waals surface area contributed by atoms with Crippen LogP contribution in [0, 0.1) is 0 Å². The van der Waals surface area contributed by atoms with Crippen LogP contribution in [0.5, 0.6) is 5.75 Å². The topological polar surface area (TPSA) is 69.9 Å². The lowest BCUT2D eigenvalue weighted by Crippen LogP contribution is -2.22. The molecule has 2 aromatic carbocycles. The molecule has 0 bridgehead atoms. The SMILES string of the molecule is CCCCCOc1cccc(C(=O)N=c2sc3cc(Cl)cc(Cl)c3n2CC(=O)OC)c1. The zero-order chi connectivity index (χ0) is 22.4. The number of benzene rings is 2. The highest BCUT2D eigenvalue weighted by atomic mass is 35.5. The van der Waals surface area contributed by atoms with Crippen LogP contribution < -0.4 is 9.54 Å². The van der Waals surface area contributed by atoms with Gasteiger partial charge in [-0.05, 0) is 36.8 Å². The third-order valence-corrected chi connectivity index (χ3v) is 6.04. The second kappa shape index (κ2) is 10.8. The molecule has 0 unspecified atom stereocenters. The van der Waals surface area contributed by atoms with Gasteiger partial charge in [-0.25, -0.2) is 0 Å². The van der Waals surface area contributed by atoms with Gasteiger partial charge in [0.2, 0.25) is 0 Å². The fourth-order valence-corrected chi connectivity index (χ4v) is 4.78. The summed E-state index contributed by atoms with van der Waals surface area (Å²) in [4.78, 5) is 29.4. The monoisotopic (exact) mass is 480 g/mol. The van der Waals surface area contributed by atoms with Gasteiger partial charge in [-0.1, -0.05) is 60.4 Å². The normalized spacial score (nSPS) is 11.7. The Hall–Kier alpha value is -2.35. The first-order valence-electron chi connectivity index (χ1n) is 9.80. The third kappa shape index (κ3) is 5.87. The third-order valence-electron chi connectivity index (χ3n) is 4.50. The largest absolute Gasteiger partial charge is 0.494 e. The van der Waals surface area contributed by atoms with E-state index >= 15 is 0 Å². The van der Waals surface area contributed by atoms with Crippen LogP contribution in [0.1, 0.15) is 36.5 Å². The van der Waals surface area contributed by atoms with Crippen molar-refractivity contribution >= 4 is 56.6 Å². The maximum Gasteiger partial charge on any atom is 0.325 e. The minimum Gasteiger partial charge on any atom is -0.494 e. The second-order valence-corrected chi connectivity index (χ2v) is 8.63. The summed E-state index contributed by atoms with van der Waals surface area (Å²) >= 11 is 13.7. The van der Waals surface area contributed by atoms with E-state index in [1.54, 1.807) is 41.0 Å². The second-order valence-electron chi connectivity index (χ2n) is 6.78. The molecule has 1 aromatic heterocycles. The molecule has 3 aromatic rings. The number of halogens is 2. The lowest BCUT2D eigenvalue weighted by Gasteiger charge is -2.07. The average molecular weight is 481 g/mol. The van der Waals surface area contributed by atoms with Gasteiger partial charge in [0, 0.05) is 10.6 Å². The number of rotatable bonds is 8. The summed E-state index contributed by atoms with van der Waals surface area (Å²) in [6, 6.07) is 10.2. The smallest absolute Gasteiger partial charge is 0.325 e. The number of unbranched alkanes of at least 4 members (excludes halogenated alkanes) is 2. The summed E-state index contributed by atoms with van der Waals surface area (Å²) in [6.07, 6.45) is 3.15. The molecule has 164 valence electrons. The van der Waals surface area contributed by atoms with Crippen LogP contribution in [0.25, 0.3) is 10.2 Å². The molecule has 0 aliphatic rings. The maximum absolute atomic E-state index is 12.9. The number of fused-ring (bicyclic) bond motifs is 1. The van der Waals surface area contributed by atoms with Gasteiger partial charge in [-0.15, -0.1) is 0 Å². The number of thiazole rings is 1. The first-order chi connectivity index (χ1) is 14.9. The Balaban J connectivity index is 1.98. The molecule has 9 heteroatoms. The molecule has 0 saturated heterocycles. The molecule has 0 aliphatic heterocycles. The van der Waals surface area contributed by atoms with E-state index in [1.807, 2.05) is 0 Å². The number of esters is 1. The Morgan fingerprint density at radius 2 is 1.97 bits per heavy atom. The van der Waals surface area contributed by atoms with Gasteiger partial charge >= 0.3 is 5.97 Å². The van der Waals surface area contributed by atoms with E-state index in [2.05, 4.69) is 11.9 Å². The molecule has 0 fully saturated rings. The van der Waals surface area contributed by atoms with Crippen LogP contribution >= 0.6 is 34.5 Å². The van der Waals surface area contributed by atoms with Crippen molar-refractivity contribution in [2.24, 2.45) is 4.99 Å². The summed E-state index contributed by atoms with van der Waals surface area (Å²) in [5.74, 6) is -0.320. The van der Waals surface area contributed by atoms with E-state index < -0.39 is 11.9 Å². The van der Waals surface area contributed by atoms with Crippen molar-refractivity contribution in [1.29, 1.82) is 0 Å². The minimum atomic E-state index is -0.484. The van der Waals surface area contributed by atoms with Gasteiger partial charge in [0.15, 0.2) is 4.80 Å². The molecule has 0 N–H and O–H groups in total.